The lowest BCUT2D eigenvalue weighted by molar-refractivity contribution is -0.124. The predicted molar refractivity (Wildman–Crippen MR) is 95.6 cm³/mol. The highest BCUT2D eigenvalue weighted by atomic mass is 35.5. The summed E-state index contributed by atoms with van der Waals surface area (Å²) in [5.74, 6) is 0.153. The van der Waals surface area contributed by atoms with Gasteiger partial charge in [0.2, 0.25) is 0 Å². The van der Waals surface area contributed by atoms with Crippen molar-refractivity contribution in [3.63, 3.8) is 0 Å². The normalized spacial score (nSPS) is 11.4. The van der Waals surface area contributed by atoms with Crippen LogP contribution in [0.1, 0.15) is 28.9 Å². The average Bonchev–Trinajstić information content (AvgIpc) is 2.66. The van der Waals surface area contributed by atoms with E-state index in [0.717, 1.165) is 5.56 Å². The van der Waals surface area contributed by atoms with Crippen molar-refractivity contribution in [1.82, 2.24) is 10.3 Å². The molecule has 0 aliphatic heterocycles. The summed E-state index contributed by atoms with van der Waals surface area (Å²) in [5, 5.41) is 3.01. The van der Waals surface area contributed by atoms with Crippen LogP contribution in [-0.4, -0.2) is 37.7 Å². The van der Waals surface area contributed by atoms with Crippen LogP contribution in [0.2, 0.25) is 5.15 Å². The molecule has 1 aromatic carbocycles. The molecule has 0 aliphatic rings. The monoisotopic (exact) mass is 378 g/mol. The summed E-state index contributed by atoms with van der Waals surface area (Å²) in [6, 6.07) is 7.86. The smallest absolute Gasteiger partial charge is 0.340 e. The van der Waals surface area contributed by atoms with Crippen LogP contribution < -0.4 is 14.8 Å². The van der Waals surface area contributed by atoms with Crippen LogP contribution in [0.25, 0.3) is 0 Å². The van der Waals surface area contributed by atoms with E-state index in [2.05, 4.69) is 10.3 Å². The number of benzene rings is 1. The number of halogens is 1. The second-order valence-electron chi connectivity index (χ2n) is 5.34. The molecule has 1 N–H and O–H groups in total. The number of ether oxygens (including phenoxy) is 3. The molecule has 0 radical (unpaired) electrons. The Hall–Kier alpha value is -2.80. The number of hydrogen-bond donors (Lipinski definition) is 1. The highest BCUT2D eigenvalue weighted by molar-refractivity contribution is 6.29. The van der Waals surface area contributed by atoms with Crippen LogP contribution in [0.4, 0.5) is 0 Å². The number of carbonyl (C=O) groups is 2. The highest BCUT2D eigenvalue weighted by Gasteiger charge is 2.17. The standard InChI is InChI=1S/C18H19ClN2O5/c1-11(14-8-13(24-2)5-6-15(14)25-3)21-17(22)10-26-18(23)12-4-7-16(19)20-9-12/h4-9,11H,10H2,1-3H3,(H,21,22)/t11-/m0/s1. The Kier molecular flexibility index (Phi) is 6.80. The van der Waals surface area contributed by atoms with Crippen LogP contribution in [0.3, 0.4) is 0 Å². The first kappa shape index (κ1) is 19.5. The minimum atomic E-state index is -0.657. The van der Waals surface area contributed by atoms with E-state index in [9.17, 15) is 9.59 Å². The highest BCUT2D eigenvalue weighted by Crippen LogP contribution is 2.29. The molecule has 0 saturated carbocycles. The van der Waals surface area contributed by atoms with Gasteiger partial charge in [0.25, 0.3) is 5.91 Å². The summed E-state index contributed by atoms with van der Waals surface area (Å²) in [4.78, 5) is 27.7. The second kappa shape index (κ2) is 9.05. The predicted octanol–water partition coefficient (Wildman–Crippen LogP) is 2.79. The molecular formula is C18H19ClN2O5. The van der Waals surface area contributed by atoms with Gasteiger partial charge in [-0.05, 0) is 37.3 Å². The first-order valence-electron chi connectivity index (χ1n) is 7.74. The van der Waals surface area contributed by atoms with E-state index in [1.807, 2.05) is 0 Å². The summed E-state index contributed by atoms with van der Waals surface area (Å²) in [6.07, 6.45) is 1.28. The zero-order valence-electron chi connectivity index (χ0n) is 14.6. The molecule has 0 bridgehead atoms. The Morgan fingerprint density at radius 2 is 1.96 bits per heavy atom. The van der Waals surface area contributed by atoms with E-state index in [-0.39, 0.29) is 16.8 Å². The molecule has 26 heavy (non-hydrogen) atoms. The first-order chi connectivity index (χ1) is 12.4. The average molecular weight is 379 g/mol. The molecule has 1 amide bonds. The summed E-state index contributed by atoms with van der Waals surface area (Å²) in [6.45, 7) is 1.37. The molecule has 0 spiro atoms. The fourth-order valence-electron chi connectivity index (χ4n) is 2.25. The number of methoxy groups -OCH3 is 2. The lowest BCUT2D eigenvalue weighted by Gasteiger charge is -2.18. The molecule has 138 valence electrons. The van der Waals surface area contributed by atoms with Crippen LogP contribution >= 0.6 is 11.6 Å². The van der Waals surface area contributed by atoms with E-state index in [1.54, 1.807) is 39.3 Å². The molecule has 2 aromatic rings. The lowest BCUT2D eigenvalue weighted by Crippen LogP contribution is -2.31. The van der Waals surface area contributed by atoms with Crippen molar-refractivity contribution >= 4 is 23.5 Å². The van der Waals surface area contributed by atoms with Crippen molar-refractivity contribution in [2.45, 2.75) is 13.0 Å². The number of carbonyl (C=O) groups excluding carboxylic acids is 2. The summed E-state index contributed by atoms with van der Waals surface area (Å²) >= 11 is 5.66. The molecule has 0 unspecified atom stereocenters. The minimum Gasteiger partial charge on any atom is -0.497 e. The number of nitrogens with one attached hydrogen (secondary N) is 1. The Balaban J connectivity index is 1.95. The maximum Gasteiger partial charge on any atom is 0.340 e. The van der Waals surface area contributed by atoms with E-state index < -0.39 is 18.5 Å². The van der Waals surface area contributed by atoms with E-state index in [1.165, 1.54) is 18.3 Å². The third-order valence-corrected chi connectivity index (χ3v) is 3.80. The second-order valence-corrected chi connectivity index (χ2v) is 5.73. The van der Waals surface area contributed by atoms with Crippen molar-refractivity contribution in [2.24, 2.45) is 0 Å². The molecule has 7 nitrogen and oxygen atoms in total. The molecular weight excluding hydrogens is 360 g/mol. The maximum absolute atomic E-state index is 12.1. The topological polar surface area (TPSA) is 86.8 Å². The van der Waals surface area contributed by atoms with Crippen molar-refractivity contribution in [1.29, 1.82) is 0 Å². The number of amides is 1. The van der Waals surface area contributed by atoms with Crippen LogP contribution in [-0.2, 0) is 9.53 Å². The van der Waals surface area contributed by atoms with Gasteiger partial charge in [-0.2, -0.15) is 0 Å². The molecule has 0 saturated heterocycles. The summed E-state index contributed by atoms with van der Waals surface area (Å²) in [5.41, 5.74) is 0.957. The largest absolute Gasteiger partial charge is 0.497 e. The lowest BCUT2D eigenvalue weighted by atomic mass is 10.1. The maximum atomic E-state index is 12.1. The van der Waals surface area contributed by atoms with Crippen molar-refractivity contribution in [3.05, 3.63) is 52.8 Å². The van der Waals surface area contributed by atoms with Crippen LogP contribution in [0.15, 0.2) is 36.5 Å². The van der Waals surface area contributed by atoms with Gasteiger partial charge in [0, 0.05) is 11.8 Å². The van der Waals surface area contributed by atoms with Gasteiger partial charge in [-0.3, -0.25) is 4.79 Å². The Morgan fingerprint density at radius 1 is 1.19 bits per heavy atom. The number of hydrogen-bond acceptors (Lipinski definition) is 6. The Morgan fingerprint density at radius 3 is 2.58 bits per heavy atom. The van der Waals surface area contributed by atoms with E-state index >= 15 is 0 Å². The van der Waals surface area contributed by atoms with Gasteiger partial charge < -0.3 is 19.5 Å². The van der Waals surface area contributed by atoms with E-state index in [0.29, 0.717) is 11.5 Å². The summed E-state index contributed by atoms with van der Waals surface area (Å²) in [7, 11) is 3.10. The van der Waals surface area contributed by atoms with E-state index in [4.69, 9.17) is 25.8 Å². The molecule has 0 aliphatic carbocycles. The molecule has 0 fully saturated rings. The van der Waals surface area contributed by atoms with Crippen molar-refractivity contribution in [3.8, 4) is 11.5 Å². The van der Waals surface area contributed by atoms with Crippen molar-refractivity contribution < 1.29 is 23.8 Å². The van der Waals surface area contributed by atoms with Gasteiger partial charge in [0.15, 0.2) is 6.61 Å². The fraction of sp³-hybridized carbons (Fsp3) is 0.278. The molecule has 1 atom stereocenters. The Labute approximate surface area is 156 Å². The third kappa shape index (κ3) is 5.10. The zero-order valence-corrected chi connectivity index (χ0v) is 15.4. The SMILES string of the molecule is COc1ccc(OC)c([C@H](C)NC(=O)COC(=O)c2ccc(Cl)nc2)c1. The van der Waals surface area contributed by atoms with Crippen LogP contribution in [0, 0.1) is 0 Å². The van der Waals surface area contributed by atoms with Gasteiger partial charge >= 0.3 is 5.97 Å². The van der Waals surface area contributed by atoms with Gasteiger partial charge in [-0.15, -0.1) is 0 Å². The number of esters is 1. The number of nitrogens with zero attached hydrogens (tertiary/aromatic N) is 1. The quantitative estimate of drug-likeness (QED) is 0.589. The Bertz CT molecular complexity index is 780. The van der Waals surface area contributed by atoms with Crippen LogP contribution in [0.5, 0.6) is 11.5 Å². The van der Waals surface area contributed by atoms with Gasteiger partial charge in [0.1, 0.15) is 16.7 Å². The minimum absolute atomic E-state index is 0.213. The van der Waals surface area contributed by atoms with Gasteiger partial charge in [-0.1, -0.05) is 11.6 Å². The third-order valence-electron chi connectivity index (χ3n) is 3.58. The zero-order chi connectivity index (χ0) is 19.1. The van der Waals surface area contributed by atoms with Gasteiger partial charge in [-0.25, -0.2) is 9.78 Å². The van der Waals surface area contributed by atoms with Gasteiger partial charge in [0.05, 0.1) is 25.8 Å². The first-order valence-corrected chi connectivity index (χ1v) is 8.12. The fourth-order valence-corrected chi connectivity index (χ4v) is 2.36. The molecule has 1 heterocycles. The molecule has 2 rings (SSSR count). The number of rotatable bonds is 7. The number of aromatic nitrogens is 1. The molecule has 1 aromatic heterocycles. The number of pyridine rings is 1. The molecule has 8 heteroatoms. The van der Waals surface area contributed by atoms with Crippen molar-refractivity contribution in [2.75, 3.05) is 20.8 Å². The summed E-state index contributed by atoms with van der Waals surface area (Å²) < 4.78 is 15.5.